The zero-order chi connectivity index (χ0) is 56.9. The van der Waals surface area contributed by atoms with Crippen LogP contribution in [0, 0.1) is 58.2 Å². The van der Waals surface area contributed by atoms with Gasteiger partial charge in [0.1, 0.15) is 39.6 Å². The first-order chi connectivity index (χ1) is 37.2. The highest BCUT2D eigenvalue weighted by atomic mass is 16.6. The zero-order valence-electron chi connectivity index (χ0n) is 50.0. The molecule has 1 N–H and O–H groups in total. The first kappa shape index (κ1) is 66.6. The van der Waals surface area contributed by atoms with Crippen LogP contribution < -0.4 is 5.32 Å². The molecule has 2 amide bonds. The molecule has 16 nitrogen and oxygen atoms in total. The summed E-state index contributed by atoms with van der Waals surface area (Å²) < 4.78 is 34.7. The van der Waals surface area contributed by atoms with E-state index in [4.69, 9.17) is 28.4 Å². The van der Waals surface area contributed by atoms with Crippen LogP contribution in [0.25, 0.3) is 0 Å². The van der Waals surface area contributed by atoms with Crippen LogP contribution in [-0.4, -0.2) is 132 Å². The highest BCUT2D eigenvalue weighted by Gasteiger charge is 2.34. The number of nitrogens with zero attached hydrogens (tertiary/aromatic N) is 2. The number of rotatable bonds is 34. The SMILES string of the molecule is CC1CCC(CCC(=O)OCC(C)(COC(=O)CCC2CCC(C)CC2)COC(=O)CCN(CCC(=O)OCC(C)(COC(=O)CCC2CCC(C)CC2)COC(=O)CCC2CCC(C)CC2)C(=O)NCCCN(C)C)CC1. The molecule has 0 heterocycles. The van der Waals surface area contributed by atoms with E-state index in [-0.39, 0.29) is 89.4 Å². The van der Waals surface area contributed by atoms with E-state index in [0.717, 1.165) is 83.6 Å². The summed E-state index contributed by atoms with van der Waals surface area (Å²) >= 11 is 0. The largest absolute Gasteiger partial charge is 0.465 e. The predicted octanol–water partition coefficient (Wildman–Crippen LogP) is 11.4. The minimum absolute atomic E-state index is 0.0738. The molecule has 0 aromatic carbocycles. The third-order valence-corrected chi connectivity index (χ3v) is 17.6. The number of amides is 2. The van der Waals surface area contributed by atoms with Gasteiger partial charge in [-0.1, -0.05) is 130 Å². The lowest BCUT2D eigenvalue weighted by molar-refractivity contribution is -0.163. The van der Waals surface area contributed by atoms with Crippen LogP contribution in [0.4, 0.5) is 4.79 Å². The standard InChI is InChI=1S/C62H107N3O13/c1-46-10-18-50(19-11-46)26-30-54(66)73-40-61(5,41-74-55(67)31-27-51-20-12-47(2)13-21-51)44-77-58(70)34-38-65(60(72)63-36-9-37-64(7)8)39-35-59(71)78-45-62(6,42-75-56(68)32-28-52-22-14-48(3)15-23-52)43-76-57(69)33-29-53-24-16-49(4)17-25-53/h46-53H,9-45H2,1-8H3,(H,63,72). The number of urea groups is 1. The maximum Gasteiger partial charge on any atom is 0.317 e. The molecule has 4 aliphatic rings. The summed E-state index contributed by atoms with van der Waals surface area (Å²) in [6.45, 7) is 12.7. The Kier molecular flexibility index (Phi) is 30.5. The summed E-state index contributed by atoms with van der Waals surface area (Å²) in [5.41, 5.74) is -2.05. The maximum absolute atomic E-state index is 13.6. The summed E-state index contributed by atoms with van der Waals surface area (Å²) in [5, 5.41) is 2.90. The minimum atomic E-state index is -1.03. The first-order valence-electron chi connectivity index (χ1n) is 30.8. The van der Waals surface area contributed by atoms with Crippen LogP contribution in [0.5, 0.6) is 0 Å². The number of hydrogen-bond donors (Lipinski definition) is 1. The van der Waals surface area contributed by atoms with E-state index in [1.54, 1.807) is 13.8 Å². The van der Waals surface area contributed by atoms with Gasteiger partial charge >= 0.3 is 41.8 Å². The van der Waals surface area contributed by atoms with Crippen molar-refractivity contribution in [3.63, 3.8) is 0 Å². The fourth-order valence-corrected chi connectivity index (χ4v) is 11.4. The van der Waals surface area contributed by atoms with Gasteiger partial charge in [-0.25, -0.2) is 4.79 Å². The van der Waals surface area contributed by atoms with E-state index in [2.05, 4.69) is 33.0 Å². The molecular formula is C62H107N3O13. The second-order valence-corrected chi connectivity index (χ2v) is 26.1. The lowest BCUT2D eigenvalue weighted by Gasteiger charge is -2.29. The maximum atomic E-state index is 13.6. The lowest BCUT2D eigenvalue weighted by atomic mass is 9.81. The quantitative estimate of drug-likeness (QED) is 0.0363. The number of nitrogens with one attached hydrogen (secondary N) is 1. The van der Waals surface area contributed by atoms with E-state index in [1.807, 2.05) is 19.0 Å². The summed E-state index contributed by atoms with van der Waals surface area (Å²) in [6.07, 6.45) is 22.7. The molecule has 4 aliphatic carbocycles. The molecular weight excluding hydrogens is 995 g/mol. The van der Waals surface area contributed by atoms with E-state index in [1.165, 1.54) is 56.3 Å². The van der Waals surface area contributed by atoms with Gasteiger partial charge in [0.05, 0.1) is 23.7 Å². The molecule has 0 aromatic heterocycles. The van der Waals surface area contributed by atoms with Crippen molar-refractivity contribution in [1.29, 1.82) is 0 Å². The van der Waals surface area contributed by atoms with Gasteiger partial charge in [-0.2, -0.15) is 0 Å². The van der Waals surface area contributed by atoms with Gasteiger partial charge in [-0.05, 0) is 114 Å². The van der Waals surface area contributed by atoms with Gasteiger partial charge in [0.25, 0.3) is 0 Å². The summed E-state index contributed by atoms with van der Waals surface area (Å²) in [7, 11) is 3.88. The Balaban J connectivity index is 1.33. The summed E-state index contributed by atoms with van der Waals surface area (Å²) in [4.78, 5) is 96.2. The molecule has 0 radical (unpaired) electrons. The highest BCUT2D eigenvalue weighted by Crippen LogP contribution is 2.35. The van der Waals surface area contributed by atoms with E-state index in [0.29, 0.717) is 86.0 Å². The number of carbonyl (C=O) groups excluding carboxylic acids is 7. The topological polar surface area (TPSA) is 193 Å². The van der Waals surface area contributed by atoms with Crippen molar-refractivity contribution >= 4 is 41.8 Å². The molecule has 448 valence electrons. The third kappa shape index (κ3) is 28.5. The fourth-order valence-electron chi connectivity index (χ4n) is 11.4. The number of esters is 6. The normalized spacial score (nSPS) is 25.1. The average molecular weight is 1100 g/mol. The Hall–Kier alpha value is -3.95. The smallest absolute Gasteiger partial charge is 0.317 e. The predicted molar refractivity (Wildman–Crippen MR) is 301 cm³/mol. The van der Waals surface area contributed by atoms with Crippen molar-refractivity contribution in [2.45, 2.75) is 215 Å². The fraction of sp³-hybridized carbons (Fsp3) is 0.887. The molecule has 16 heteroatoms. The number of ether oxygens (including phenoxy) is 6. The zero-order valence-corrected chi connectivity index (χ0v) is 50.0. The van der Waals surface area contributed by atoms with Gasteiger partial charge in [0, 0.05) is 45.3 Å². The van der Waals surface area contributed by atoms with Gasteiger partial charge in [0.2, 0.25) is 0 Å². The second-order valence-electron chi connectivity index (χ2n) is 26.1. The first-order valence-corrected chi connectivity index (χ1v) is 30.8. The van der Waals surface area contributed by atoms with E-state index in [9.17, 15) is 33.6 Å². The van der Waals surface area contributed by atoms with E-state index < -0.39 is 28.8 Å². The Morgan fingerprint density at radius 1 is 0.385 bits per heavy atom. The van der Waals surface area contributed by atoms with Gasteiger partial charge in [-0.3, -0.25) is 28.8 Å². The Morgan fingerprint density at radius 3 is 0.872 bits per heavy atom. The van der Waals surface area contributed by atoms with Crippen molar-refractivity contribution in [2.75, 3.05) is 79.9 Å². The number of carbonyl (C=O) groups is 7. The van der Waals surface area contributed by atoms with Crippen molar-refractivity contribution in [2.24, 2.45) is 58.2 Å². The van der Waals surface area contributed by atoms with Crippen LogP contribution in [-0.2, 0) is 57.2 Å². The highest BCUT2D eigenvalue weighted by molar-refractivity contribution is 5.77. The number of hydrogen-bond acceptors (Lipinski definition) is 14. The van der Waals surface area contributed by atoms with Crippen LogP contribution in [0.2, 0.25) is 0 Å². The molecule has 0 atom stereocenters. The molecule has 0 saturated heterocycles. The molecule has 4 saturated carbocycles. The van der Waals surface area contributed by atoms with Crippen LogP contribution >= 0.6 is 0 Å². The molecule has 78 heavy (non-hydrogen) atoms. The molecule has 0 spiro atoms. The third-order valence-electron chi connectivity index (χ3n) is 17.6. The Morgan fingerprint density at radius 2 is 0.628 bits per heavy atom. The van der Waals surface area contributed by atoms with Crippen molar-refractivity contribution in [3.05, 3.63) is 0 Å². The Bertz CT molecular complexity index is 1600. The molecule has 0 unspecified atom stereocenters. The van der Waals surface area contributed by atoms with Crippen LogP contribution in [0.3, 0.4) is 0 Å². The van der Waals surface area contributed by atoms with Gasteiger partial charge in [-0.15, -0.1) is 0 Å². The molecule has 4 rings (SSSR count). The minimum Gasteiger partial charge on any atom is -0.465 e. The average Bonchev–Trinajstić information content (AvgIpc) is 3.42. The van der Waals surface area contributed by atoms with Crippen molar-refractivity contribution in [1.82, 2.24) is 15.1 Å². The summed E-state index contributed by atoms with van der Waals surface area (Å²) in [5.74, 6) is 2.26. The monoisotopic (exact) mass is 1100 g/mol. The molecule has 0 bridgehead atoms. The van der Waals surface area contributed by atoms with Crippen molar-refractivity contribution < 1.29 is 62.0 Å². The van der Waals surface area contributed by atoms with Crippen molar-refractivity contribution in [3.8, 4) is 0 Å². The van der Waals surface area contributed by atoms with E-state index >= 15 is 0 Å². The molecule has 0 aromatic rings. The summed E-state index contributed by atoms with van der Waals surface area (Å²) in [6, 6.07) is -0.461. The molecule has 4 fully saturated rings. The van der Waals surface area contributed by atoms with Gasteiger partial charge < -0.3 is 43.5 Å². The van der Waals surface area contributed by atoms with Gasteiger partial charge in [0.15, 0.2) is 0 Å². The Labute approximate surface area is 470 Å². The molecule has 0 aliphatic heterocycles. The van der Waals surface area contributed by atoms with Crippen LogP contribution in [0.1, 0.15) is 215 Å². The second kappa shape index (κ2) is 35.7. The lowest BCUT2D eigenvalue weighted by Crippen LogP contribution is -2.43. The van der Waals surface area contributed by atoms with Crippen LogP contribution in [0.15, 0.2) is 0 Å².